The highest BCUT2D eigenvalue weighted by Crippen LogP contribution is 2.42. The van der Waals surface area contributed by atoms with Crippen LogP contribution in [-0.4, -0.2) is 55.1 Å². The molecule has 3 aromatic carbocycles. The third-order valence-corrected chi connectivity index (χ3v) is 9.41. The van der Waals surface area contributed by atoms with Crippen molar-refractivity contribution in [1.82, 2.24) is 15.2 Å². The Kier molecular flexibility index (Phi) is 7.44. The van der Waals surface area contributed by atoms with E-state index in [-0.39, 0.29) is 23.5 Å². The Morgan fingerprint density at radius 3 is 2.68 bits per heavy atom. The summed E-state index contributed by atoms with van der Waals surface area (Å²) in [6, 6.07) is 17.7. The van der Waals surface area contributed by atoms with Gasteiger partial charge in [0.05, 0.1) is 21.5 Å². The van der Waals surface area contributed by atoms with Gasteiger partial charge >= 0.3 is 0 Å². The van der Waals surface area contributed by atoms with Crippen LogP contribution >= 0.6 is 23.3 Å². The molecule has 210 valence electrons. The molecule has 0 saturated carbocycles. The Labute approximate surface area is 245 Å². The third kappa shape index (κ3) is 5.06. The summed E-state index contributed by atoms with van der Waals surface area (Å²) in [7, 11) is 3.57. The predicted molar refractivity (Wildman–Crippen MR) is 164 cm³/mol. The number of hydrogen-bond acceptors (Lipinski definition) is 7. The molecule has 0 bridgehead atoms. The van der Waals surface area contributed by atoms with E-state index in [0.717, 1.165) is 34.3 Å². The van der Waals surface area contributed by atoms with Gasteiger partial charge in [0.25, 0.3) is 11.8 Å². The van der Waals surface area contributed by atoms with E-state index in [1.54, 1.807) is 31.1 Å². The molecular weight excluding hydrogens is 559 g/mol. The Morgan fingerprint density at radius 2 is 1.95 bits per heavy atom. The van der Waals surface area contributed by atoms with E-state index in [1.807, 2.05) is 54.6 Å². The first kappa shape index (κ1) is 27.3. The minimum absolute atomic E-state index is 0.0512. The first-order chi connectivity index (χ1) is 19.9. The first-order valence-electron chi connectivity index (χ1n) is 13.4. The van der Waals surface area contributed by atoms with Gasteiger partial charge in [-0.1, -0.05) is 24.1 Å². The maximum absolute atomic E-state index is 13.7. The zero-order valence-corrected chi connectivity index (χ0v) is 24.6. The van der Waals surface area contributed by atoms with Gasteiger partial charge in [0.1, 0.15) is 17.2 Å². The van der Waals surface area contributed by atoms with Crippen LogP contribution in [0.25, 0.3) is 32.5 Å². The van der Waals surface area contributed by atoms with E-state index in [0.29, 0.717) is 46.0 Å². The summed E-state index contributed by atoms with van der Waals surface area (Å²) in [6.45, 7) is 1.22. The lowest BCUT2D eigenvalue weighted by atomic mass is 9.88. The number of amides is 2. The topological polar surface area (TPSA) is 78.7 Å². The van der Waals surface area contributed by atoms with Gasteiger partial charge in [0.15, 0.2) is 5.01 Å². The van der Waals surface area contributed by atoms with Crippen molar-refractivity contribution in [2.24, 2.45) is 0 Å². The quantitative estimate of drug-likeness (QED) is 0.217. The van der Waals surface area contributed by atoms with Crippen LogP contribution in [0, 0.1) is 5.82 Å². The van der Waals surface area contributed by atoms with Crippen LogP contribution < -0.4 is 9.62 Å². The monoisotopic (exact) mass is 588 g/mol. The van der Waals surface area contributed by atoms with Crippen LogP contribution in [0.3, 0.4) is 0 Å². The normalized spacial score (nSPS) is 15.4. The summed E-state index contributed by atoms with van der Waals surface area (Å²) in [4.78, 5) is 33.2. The number of nitrogens with one attached hydrogen (secondary N) is 1. The van der Waals surface area contributed by atoms with Gasteiger partial charge in [0.2, 0.25) is 0 Å². The summed E-state index contributed by atoms with van der Waals surface area (Å²) < 4.78 is 23.0. The number of fused-ring (bicyclic) bond motifs is 2. The van der Waals surface area contributed by atoms with E-state index in [1.165, 1.54) is 23.5 Å². The lowest BCUT2D eigenvalue weighted by molar-refractivity contribution is 0.0707. The second-order valence-electron chi connectivity index (χ2n) is 10.1. The summed E-state index contributed by atoms with van der Waals surface area (Å²) in [5, 5.41) is 3.92. The maximum Gasteiger partial charge on any atom is 0.282 e. The van der Waals surface area contributed by atoms with Crippen molar-refractivity contribution in [3.8, 4) is 11.3 Å². The SMILES string of the molecule is CNC(=O)c1c(-c2ccc(F)cc2)oc2cc(N(C)SC)c(C3CCCN(C(=O)c4nc5ccccc5s4)C3)cc12. The van der Waals surface area contributed by atoms with Crippen molar-refractivity contribution in [1.29, 1.82) is 0 Å². The molecule has 2 aromatic heterocycles. The number of anilines is 1. The lowest BCUT2D eigenvalue weighted by Crippen LogP contribution is -2.39. The number of nitrogens with zero attached hydrogens (tertiary/aromatic N) is 3. The lowest BCUT2D eigenvalue weighted by Gasteiger charge is -2.34. The van der Waals surface area contributed by atoms with Gasteiger partial charge in [-0.2, -0.15) is 0 Å². The number of carbonyl (C=O) groups excluding carboxylic acids is 2. The van der Waals surface area contributed by atoms with Crippen molar-refractivity contribution < 1.29 is 18.4 Å². The number of carbonyl (C=O) groups is 2. The number of likely N-dealkylation sites (tertiary alicyclic amines) is 1. The van der Waals surface area contributed by atoms with Crippen molar-refractivity contribution in [2.75, 3.05) is 37.7 Å². The van der Waals surface area contributed by atoms with Crippen LogP contribution in [0.5, 0.6) is 0 Å². The Bertz CT molecular complexity index is 1730. The fourth-order valence-electron chi connectivity index (χ4n) is 5.52. The Balaban J connectivity index is 1.42. The van der Waals surface area contributed by atoms with E-state index in [2.05, 4.69) is 14.6 Å². The second-order valence-corrected chi connectivity index (χ2v) is 12.0. The van der Waals surface area contributed by atoms with Crippen LogP contribution in [0.2, 0.25) is 0 Å². The molecule has 1 aliphatic heterocycles. The molecule has 6 rings (SSSR count). The van der Waals surface area contributed by atoms with Gasteiger partial charge in [0, 0.05) is 56.4 Å². The van der Waals surface area contributed by atoms with Gasteiger partial charge in [-0.05, 0) is 60.9 Å². The molecule has 1 N–H and O–H groups in total. The van der Waals surface area contributed by atoms with E-state index < -0.39 is 0 Å². The van der Waals surface area contributed by atoms with Gasteiger partial charge in [-0.25, -0.2) is 9.37 Å². The Hall–Kier alpha value is -3.89. The number of piperidine rings is 1. The molecule has 5 aromatic rings. The number of hydrogen-bond donors (Lipinski definition) is 1. The van der Waals surface area contributed by atoms with Crippen molar-refractivity contribution in [3.05, 3.63) is 82.6 Å². The molecule has 2 amide bonds. The van der Waals surface area contributed by atoms with Crippen LogP contribution in [-0.2, 0) is 0 Å². The fourth-order valence-corrected chi connectivity index (χ4v) is 6.80. The minimum atomic E-state index is -0.361. The summed E-state index contributed by atoms with van der Waals surface area (Å²) in [5.74, 6) is -0.246. The molecule has 41 heavy (non-hydrogen) atoms. The molecule has 1 aliphatic rings. The number of benzene rings is 3. The highest BCUT2D eigenvalue weighted by molar-refractivity contribution is 7.99. The highest BCUT2D eigenvalue weighted by atomic mass is 32.2. The molecule has 1 fully saturated rings. The van der Waals surface area contributed by atoms with Crippen molar-refractivity contribution in [2.45, 2.75) is 18.8 Å². The van der Waals surface area contributed by atoms with Gasteiger partial charge in [-0.3, -0.25) is 9.59 Å². The molecule has 0 spiro atoms. The molecule has 3 heterocycles. The largest absolute Gasteiger partial charge is 0.455 e. The van der Waals surface area contributed by atoms with Gasteiger partial charge < -0.3 is 18.9 Å². The van der Waals surface area contributed by atoms with E-state index >= 15 is 0 Å². The van der Waals surface area contributed by atoms with Gasteiger partial charge in [-0.15, -0.1) is 11.3 Å². The number of para-hydroxylation sites is 1. The highest BCUT2D eigenvalue weighted by Gasteiger charge is 2.31. The Morgan fingerprint density at radius 1 is 1.17 bits per heavy atom. The number of furan rings is 1. The van der Waals surface area contributed by atoms with Crippen molar-refractivity contribution >= 4 is 62.0 Å². The standard InChI is InChI=1S/C31H29FN4O3S2/c1-33-29(37)27-22-15-21(24(35(2)40-3)16-25(22)39-28(27)18-10-12-20(32)13-11-18)19-7-6-14-36(17-19)31(38)30-34-23-8-4-5-9-26(23)41-30/h4-5,8-13,15-16,19H,6-7,14,17H2,1-3H3,(H,33,37). The molecule has 0 aliphatic carbocycles. The minimum Gasteiger partial charge on any atom is -0.455 e. The molecular formula is C31H29FN4O3S2. The summed E-state index contributed by atoms with van der Waals surface area (Å²) in [5.41, 5.74) is 4.45. The first-order valence-corrected chi connectivity index (χ1v) is 15.4. The fraction of sp³-hybridized carbons (Fsp3) is 0.258. The van der Waals surface area contributed by atoms with E-state index in [4.69, 9.17) is 4.42 Å². The number of rotatable bonds is 6. The predicted octanol–water partition coefficient (Wildman–Crippen LogP) is 6.94. The second kappa shape index (κ2) is 11.2. The van der Waals surface area contributed by atoms with E-state index in [9.17, 15) is 14.0 Å². The zero-order valence-electron chi connectivity index (χ0n) is 22.9. The average molecular weight is 589 g/mol. The van der Waals surface area contributed by atoms with Crippen LogP contribution in [0.15, 0.2) is 65.1 Å². The molecule has 1 atom stereocenters. The maximum atomic E-state index is 13.7. The molecule has 1 unspecified atom stereocenters. The number of halogens is 1. The number of aromatic nitrogens is 1. The number of thiazole rings is 1. The molecule has 10 heteroatoms. The third-order valence-electron chi connectivity index (χ3n) is 7.64. The summed E-state index contributed by atoms with van der Waals surface area (Å²) >= 11 is 3.00. The molecule has 0 radical (unpaired) electrons. The molecule has 7 nitrogen and oxygen atoms in total. The zero-order chi connectivity index (χ0) is 28.7. The molecule has 1 saturated heterocycles. The van der Waals surface area contributed by atoms with Crippen LogP contribution in [0.1, 0.15) is 44.5 Å². The smallest absolute Gasteiger partial charge is 0.282 e. The summed E-state index contributed by atoms with van der Waals surface area (Å²) in [6.07, 6.45) is 3.76. The van der Waals surface area contributed by atoms with Crippen LogP contribution in [0.4, 0.5) is 10.1 Å². The average Bonchev–Trinajstić information content (AvgIpc) is 3.61. The van der Waals surface area contributed by atoms with Crippen molar-refractivity contribution in [3.63, 3.8) is 0 Å².